The number of rotatable bonds is 11. The molecule has 0 spiro atoms. The van der Waals surface area contributed by atoms with Crippen LogP contribution in [0.5, 0.6) is 0 Å². The molecule has 0 nitrogen and oxygen atoms in total. The molecule has 2 aromatic carbocycles. The van der Waals surface area contributed by atoms with E-state index < -0.39 is 61.7 Å². The third-order valence-corrected chi connectivity index (χ3v) is 46.5. The molecule has 0 saturated carbocycles. The van der Waals surface area contributed by atoms with Gasteiger partial charge in [0, 0.05) is 0 Å². The van der Waals surface area contributed by atoms with E-state index in [9.17, 15) is 0 Å². The van der Waals surface area contributed by atoms with E-state index in [1.54, 1.807) is 11.1 Å². The molecule has 2 bridgehead atoms. The van der Waals surface area contributed by atoms with Crippen LogP contribution in [0.1, 0.15) is 37.7 Å². The van der Waals surface area contributed by atoms with Gasteiger partial charge < -0.3 is 0 Å². The molecule has 3 aliphatic rings. The average Bonchev–Trinajstić information content (AvgIpc) is 2.84. The normalized spacial score (nSPS) is 21.0. The van der Waals surface area contributed by atoms with E-state index in [0.717, 1.165) is 15.5 Å². The van der Waals surface area contributed by atoms with Crippen LogP contribution >= 0.6 is 0 Å². The topological polar surface area (TPSA) is 0 Å². The van der Waals surface area contributed by atoms with E-state index >= 15 is 0 Å². The summed E-state index contributed by atoms with van der Waals surface area (Å²) in [7, 11) is -9.43. The first kappa shape index (κ1) is 39.3. The van der Waals surface area contributed by atoms with Crippen molar-refractivity contribution in [3.05, 3.63) is 91.6 Å². The second-order valence-corrected chi connectivity index (χ2v) is 62.3. The summed E-state index contributed by atoms with van der Waals surface area (Å²) in [5.41, 5.74) is 8.45. The zero-order chi connectivity index (χ0) is 35.8. The fourth-order valence-corrected chi connectivity index (χ4v) is 59.1. The molecule has 0 fully saturated rings. The summed E-state index contributed by atoms with van der Waals surface area (Å²) < 4.78 is 1.89. The van der Waals surface area contributed by atoms with Crippen LogP contribution in [0.15, 0.2) is 69.3 Å². The summed E-state index contributed by atoms with van der Waals surface area (Å²) in [5, 5.41) is 2.21. The summed E-state index contributed by atoms with van der Waals surface area (Å²) >= 11 is -3.04. The Morgan fingerprint density at radius 2 is 0.851 bits per heavy atom. The zero-order valence-electron chi connectivity index (χ0n) is 33.7. The van der Waals surface area contributed by atoms with E-state index in [-0.39, 0.29) is 0 Å². The summed E-state index contributed by atoms with van der Waals surface area (Å²) in [6, 6.07) is 17.2. The zero-order valence-corrected chi connectivity index (χ0v) is 41.8. The number of hydrogen-bond donors (Lipinski definition) is 0. The number of benzene rings is 2. The van der Waals surface area contributed by atoms with Crippen LogP contribution in [0.2, 0.25) is 118 Å². The minimum absolute atomic E-state index is 0.411. The van der Waals surface area contributed by atoms with Crippen LogP contribution in [0.4, 0.5) is 0 Å². The monoisotopic (exact) mass is 792 g/mol. The SMILES string of the molecule is C[Si](C)(C)C(c1cc(C([Si](C)(C)C)[Si](C)(C)C)[c]([Ge]23[CH]=CC(C=[CH]2)C(c2ccccc2)=[CH]3)c(C([Si](C)(C)C)[Si](C)(C)C)c1)[Si](C)(C)C. The standard InChI is InChI=1S/C40H70GeSi6/c1-42(2,3)38(43(4,5)6)33-28-34(39(44(7,8)9)45(10,11)12)37(35(29-33)40(46(13,14)15)47(16,17)18)41-26-24-32(25-27-41)36(30-41)31-22-20-19-21-23-31/h19-30,32,38-40H,1-18H3. The maximum absolute atomic E-state index is 3.04. The van der Waals surface area contributed by atoms with Gasteiger partial charge in [0.2, 0.25) is 0 Å². The van der Waals surface area contributed by atoms with Gasteiger partial charge in [0.1, 0.15) is 0 Å². The molecule has 7 heteroatoms. The van der Waals surface area contributed by atoms with Crippen molar-refractivity contribution < 1.29 is 0 Å². The first-order valence-corrected chi connectivity index (χ1v) is 44.6. The Hall–Kier alpha value is -0.496. The molecule has 0 radical (unpaired) electrons. The number of allylic oxidation sites excluding steroid dienone is 3. The van der Waals surface area contributed by atoms with Crippen molar-refractivity contribution in [1.29, 1.82) is 0 Å². The van der Waals surface area contributed by atoms with E-state index in [4.69, 9.17) is 0 Å². The molecule has 3 heterocycles. The first-order valence-electron chi connectivity index (χ1n) is 18.4. The molecule has 47 heavy (non-hydrogen) atoms. The van der Waals surface area contributed by atoms with Crippen LogP contribution in [-0.4, -0.2) is 61.7 Å². The van der Waals surface area contributed by atoms with Gasteiger partial charge in [-0.1, -0.05) is 0 Å². The predicted octanol–water partition coefficient (Wildman–Crippen LogP) is 12.3. The molecule has 0 saturated heterocycles. The Morgan fingerprint density at radius 3 is 1.19 bits per heavy atom. The molecule has 5 rings (SSSR count). The Bertz CT molecular complexity index is 1430. The molecule has 0 aliphatic carbocycles. The predicted molar refractivity (Wildman–Crippen MR) is 236 cm³/mol. The van der Waals surface area contributed by atoms with Gasteiger partial charge >= 0.3 is 303 Å². The van der Waals surface area contributed by atoms with Gasteiger partial charge in [0.25, 0.3) is 0 Å². The Kier molecular flexibility index (Phi) is 10.8. The molecule has 258 valence electrons. The van der Waals surface area contributed by atoms with Crippen molar-refractivity contribution in [1.82, 2.24) is 0 Å². The second-order valence-electron chi connectivity index (χ2n) is 21.7. The van der Waals surface area contributed by atoms with Gasteiger partial charge in [-0.05, 0) is 0 Å². The number of hydrogen-bond acceptors (Lipinski definition) is 0. The molecule has 2 aromatic rings. The summed E-state index contributed by atoms with van der Waals surface area (Å²) in [6.45, 7) is 48.5. The van der Waals surface area contributed by atoms with Crippen molar-refractivity contribution in [3.8, 4) is 0 Å². The third-order valence-electron chi connectivity index (χ3n) is 10.8. The van der Waals surface area contributed by atoms with E-state index in [2.05, 4.69) is 187 Å². The van der Waals surface area contributed by atoms with E-state index in [1.807, 2.05) is 15.5 Å². The van der Waals surface area contributed by atoms with Crippen LogP contribution in [-0.2, 0) is 0 Å². The van der Waals surface area contributed by atoms with Gasteiger partial charge in [-0.2, -0.15) is 0 Å². The first-order chi connectivity index (χ1) is 21.1. The quantitative estimate of drug-likeness (QED) is 0.199. The van der Waals surface area contributed by atoms with Crippen LogP contribution in [0, 0.1) is 5.92 Å². The molecule has 3 aliphatic heterocycles. The third kappa shape index (κ3) is 8.20. The van der Waals surface area contributed by atoms with Crippen LogP contribution < -0.4 is 4.40 Å². The van der Waals surface area contributed by atoms with Gasteiger partial charge in [-0.15, -0.1) is 0 Å². The molecule has 0 amide bonds. The Labute approximate surface area is 300 Å². The fraction of sp³-hybridized carbons (Fsp3) is 0.550. The van der Waals surface area contributed by atoms with Gasteiger partial charge in [0.15, 0.2) is 0 Å². The molecule has 0 N–H and O–H groups in total. The second kappa shape index (κ2) is 12.9. The average molecular weight is 792 g/mol. The molecular formula is C40H70GeSi6. The van der Waals surface area contributed by atoms with Crippen LogP contribution in [0.3, 0.4) is 0 Å². The van der Waals surface area contributed by atoms with Crippen molar-refractivity contribution >= 4 is 71.7 Å². The van der Waals surface area contributed by atoms with Gasteiger partial charge in [-0.3, -0.25) is 0 Å². The molecule has 0 atom stereocenters. The summed E-state index contributed by atoms with van der Waals surface area (Å²) in [5.74, 6) is 0.411. The molecule has 0 unspecified atom stereocenters. The molecular weight excluding hydrogens is 722 g/mol. The van der Waals surface area contributed by atoms with Crippen molar-refractivity contribution in [2.75, 3.05) is 0 Å². The van der Waals surface area contributed by atoms with Gasteiger partial charge in [-0.25, -0.2) is 0 Å². The summed E-state index contributed by atoms with van der Waals surface area (Å²) in [4.78, 5) is 8.56. The fourth-order valence-electron chi connectivity index (χ4n) is 11.0. The summed E-state index contributed by atoms with van der Waals surface area (Å²) in [6.07, 6.45) is 5.26. The van der Waals surface area contributed by atoms with Crippen molar-refractivity contribution in [2.24, 2.45) is 5.92 Å². The maximum atomic E-state index is 2.92. The Morgan fingerprint density at radius 1 is 0.489 bits per heavy atom. The van der Waals surface area contributed by atoms with Crippen molar-refractivity contribution in [2.45, 2.75) is 133 Å². The van der Waals surface area contributed by atoms with Crippen LogP contribution in [0.25, 0.3) is 5.57 Å². The minimum atomic E-state index is -3.04. The van der Waals surface area contributed by atoms with Gasteiger partial charge in [0.05, 0.1) is 0 Å². The van der Waals surface area contributed by atoms with E-state index in [0.29, 0.717) is 5.92 Å². The Balaban J connectivity index is 2.31. The van der Waals surface area contributed by atoms with E-state index in [1.165, 1.54) is 5.56 Å². The molecule has 0 aromatic heterocycles. The van der Waals surface area contributed by atoms with Crippen molar-refractivity contribution in [3.63, 3.8) is 0 Å².